The quantitative estimate of drug-likeness (QED) is 0.901. The average Bonchev–Trinajstić information content (AvgIpc) is 2.89. The molecule has 1 aromatic heterocycles. The van der Waals surface area contributed by atoms with Crippen LogP contribution in [0, 0.1) is 5.92 Å². The molecule has 3 rings (SSSR count). The summed E-state index contributed by atoms with van der Waals surface area (Å²) in [5.74, 6) is 0.944. The van der Waals surface area contributed by atoms with Crippen LogP contribution in [0.2, 0.25) is 0 Å². The van der Waals surface area contributed by atoms with E-state index in [4.69, 9.17) is 0 Å². The number of aromatic nitrogens is 1. The normalized spacial score (nSPS) is 26.5. The third-order valence-corrected chi connectivity index (χ3v) is 4.70. The highest BCUT2D eigenvalue weighted by Gasteiger charge is 2.35. The van der Waals surface area contributed by atoms with Crippen LogP contribution < -0.4 is 10.2 Å². The largest absolute Gasteiger partial charge is 0.368 e. The number of nitrogens with zero attached hydrogens (tertiary/aromatic N) is 2. The Morgan fingerprint density at radius 2 is 2.21 bits per heavy atom. The van der Waals surface area contributed by atoms with Crippen molar-refractivity contribution in [2.24, 2.45) is 5.92 Å². The summed E-state index contributed by atoms with van der Waals surface area (Å²) < 4.78 is 0. The van der Waals surface area contributed by atoms with Crippen molar-refractivity contribution in [2.45, 2.75) is 51.6 Å². The first-order valence-corrected chi connectivity index (χ1v) is 7.81. The first-order valence-electron chi connectivity index (χ1n) is 7.81. The third-order valence-electron chi connectivity index (χ3n) is 4.70. The van der Waals surface area contributed by atoms with Gasteiger partial charge in [0.1, 0.15) is 0 Å². The molecule has 2 atom stereocenters. The van der Waals surface area contributed by atoms with E-state index >= 15 is 0 Å². The second kappa shape index (κ2) is 5.91. The van der Waals surface area contributed by atoms with Gasteiger partial charge >= 0.3 is 0 Å². The smallest absolute Gasteiger partial charge is 0.0562 e. The zero-order valence-corrected chi connectivity index (χ0v) is 11.9. The number of nitrogens with one attached hydrogen (secondary N) is 1. The van der Waals surface area contributed by atoms with Crippen molar-refractivity contribution in [2.75, 3.05) is 18.0 Å². The van der Waals surface area contributed by atoms with Gasteiger partial charge in [0, 0.05) is 31.0 Å². The topological polar surface area (TPSA) is 28.2 Å². The molecule has 3 heteroatoms. The summed E-state index contributed by atoms with van der Waals surface area (Å²) in [7, 11) is 0. The molecule has 19 heavy (non-hydrogen) atoms. The highest BCUT2D eigenvalue weighted by atomic mass is 15.2. The first kappa shape index (κ1) is 12.9. The Kier molecular flexibility index (Phi) is 4.02. The van der Waals surface area contributed by atoms with Gasteiger partial charge in [-0.05, 0) is 43.9 Å². The Bertz CT molecular complexity index is 418. The van der Waals surface area contributed by atoms with Crippen LogP contribution in [-0.4, -0.2) is 24.1 Å². The van der Waals surface area contributed by atoms with E-state index in [0.717, 1.165) is 25.0 Å². The molecule has 2 aliphatic rings. The molecule has 104 valence electrons. The van der Waals surface area contributed by atoms with Gasteiger partial charge in [-0.15, -0.1) is 0 Å². The Hall–Kier alpha value is -1.09. The van der Waals surface area contributed by atoms with Crippen molar-refractivity contribution >= 4 is 5.69 Å². The summed E-state index contributed by atoms with van der Waals surface area (Å²) >= 11 is 0. The summed E-state index contributed by atoms with van der Waals surface area (Å²) in [6.07, 6.45) is 9.03. The van der Waals surface area contributed by atoms with Crippen LogP contribution in [0.4, 0.5) is 5.69 Å². The molecule has 3 nitrogen and oxygen atoms in total. The summed E-state index contributed by atoms with van der Waals surface area (Å²) in [6, 6.07) is 5.26. The van der Waals surface area contributed by atoms with E-state index in [-0.39, 0.29) is 0 Å². The van der Waals surface area contributed by atoms with Crippen LogP contribution in [0.3, 0.4) is 0 Å². The van der Waals surface area contributed by atoms with Gasteiger partial charge < -0.3 is 10.2 Å². The zero-order valence-electron chi connectivity index (χ0n) is 11.9. The van der Waals surface area contributed by atoms with Gasteiger partial charge in [0.25, 0.3) is 0 Å². The molecule has 1 aromatic rings. The number of rotatable bonds is 4. The van der Waals surface area contributed by atoms with Crippen LogP contribution in [0.1, 0.15) is 44.7 Å². The minimum Gasteiger partial charge on any atom is -0.368 e. The fourth-order valence-electron chi connectivity index (χ4n) is 3.72. The SMILES string of the molecule is CCNCc1cc(N2CCC3CCCCC32)ccn1. The Balaban J connectivity index is 1.74. The molecular weight excluding hydrogens is 234 g/mol. The maximum Gasteiger partial charge on any atom is 0.0562 e. The van der Waals surface area contributed by atoms with E-state index in [9.17, 15) is 0 Å². The molecule has 2 heterocycles. The second-order valence-corrected chi connectivity index (χ2v) is 5.88. The zero-order chi connectivity index (χ0) is 13.1. The molecule has 0 spiro atoms. The lowest BCUT2D eigenvalue weighted by Gasteiger charge is -2.33. The van der Waals surface area contributed by atoms with Gasteiger partial charge in [0.15, 0.2) is 0 Å². The maximum absolute atomic E-state index is 4.46. The number of hydrogen-bond acceptors (Lipinski definition) is 3. The number of hydrogen-bond donors (Lipinski definition) is 1. The minimum atomic E-state index is 0.795. The van der Waals surface area contributed by atoms with Gasteiger partial charge in [0.05, 0.1) is 5.69 Å². The highest BCUT2D eigenvalue weighted by molar-refractivity contribution is 5.49. The average molecular weight is 259 g/mol. The monoisotopic (exact) mass is 259 g/mol. The fraction of sp³-hybridized carbons (Fsp3) is 0.688. The van der Waals surface area contributed by atoms with Crippen molar-refractivity contribution in [1.29, 1.82) is 0 Å². The highest BCUT2D eigenvalue weighted by Crippen LogP contribution is 2.38. The molecule has 0 radical (unpaired) electrons. The van der Waals surface area contributed by atoms with Gasteiger partial charge in [0.2, 0.25) is 0 Å². The number of anilines is 1. The molecule has 2 fully saturated rings. The van der Waals surface area contributed by atoms with Crippen LogP contribution in [-0.2, 0) is 6.54 Å². The van der Waals surface area contributed by atoms with Crippen molar-refractivity contribution in [3.05, 3.63) is 24.0 Å². The molecule has 1 aliphatic heterocycles. The summed E-state index contributed by atoms with van der Waals surface area (Å²) in [6.45, 7) is 5.25. The molecule has 1 saturated heterocycles. The van der Waals surface area contributed by atoms with E-state index in [1.165, 1.54) is 50.0 Å². The summed E-state index contributed by atoms with van der Waals surface area (Å²) in [4.78, 5) is 7.10. The predicted octanol–water partition coefficient (Wildman–Crippen LogP) is 2.96. The van der Waals surface area contributed by atoms with E-state index in [0.29, 0.717) is 0 Å². The Labute approximate surface area is 116 Å². The van der Waals surface area contributed by atoms with Crippen LogP contribution >= 0.6 is 0 Å². The van der Waals surface area contributed by atoms with Crippen molar-refractivity contribution < 1.29 is 0 Å². The van der Waals surface area contributed by atoms with Gasteiger partial charge in [-0.2, -0.15) is 0 Å². The molecule has 0 amide bonds. The molecule has 0 bridgehead atoms. The molecule has 2 unspecified atom stereocenters. The molecule has 0 aromatic carbocycles. The van der Waals surface area contributed by atoms with Crippen LogP contribution in [0.5, 0.6) is 0 Å². The Morgan fingerprint density at radius 1 is 1.32 bits per heavy atom. The third kappa shape index (κ3) is 2.76. The molecule has 1 saturated carbocycles. The summed E-state index contributed by atoms with van der Waals surface area (Å²) in [5.41, 5.74) is 2.55. The predicted molar refractivity (Wildman–Crippen MR) is 79.3 cm³/mol. The molecule has 1 N–H and O–H groups in total. The lowest BCUT2D eigenvalue weighted by molar-refractivity contribution is 0.342. The van der Waals surface area contributed by atoms with E-state index in [1.54, 1.807) is 0 Å². The van der Waals surface area contributed by atoms with Gasteiger partial charge in [-0.1, -0.05) is 19.8 Å². The van der Waals surface area contributed by atoms with E-state index < -0.39 is 0 Å². The van der Waals surface area contributed by atoms with Crippen LogP contribution in [0.15, 0.2) is 18.3 Å². The standard InChI is InChI=1S/C16H25N3/c1-2-17-12-14-11-15(7-9-18-14)19-10-8-13-5-3-4-6-16(13)19/h7,9,11,13,16-17H,2-6,8,10,12H2,1H3. The molecular formula is C16H25N3. The summed E-state index contributed by atoms with van der Waals surface area (Å²) in [5, 5.41) is 3.36. The lowest BCUT2D eigenvalue weighted by atomic mass is 9.85. The number of fused-ring (bicyclic) bond motifs is 1. The Morgan fingerprint density at radius 3 is 3.11 bits per heavy atom. The van der Waals surface area contributed by atoms with Crippen molar-refractivity contribution in [1.82, 2.24) is 10.3 Å². The second-order valence-electron chi connectivity index (χ2n) is 5.88. The fourth-order valence-corrected chi connectivity index (χ4v) is 3.72. The van der Waals surface area contributed by atoms with Gasteiger partial charge in [-0.3, -0.25) is 4.98 Å². The minimum absolute atomic E-state index is 0.795. The number of pyridine rings is 1. The van der Waals surface area contributed by atoms with E-state index in [2.05, 4.69) is 34.3 Å². The van der Waals surface area contributed by atoms with Gasteiger partial charge in [-0.25, -0.2) is 0 Å². The first-order chi connectivity index (χ1) is 9.38. The van der Waals surface area contributed by atoms with Crippen molar-refractivity contribution in [3.63, 3.8) is 0 Å². The maximum atomic E-state index is 4.46. The van der Waals surface area contributed by atoms with Crippen LogP contribution in [0.25, 0.3) is 0 Å². The lowest BCUT2D eigenvalue weighted by Crippen LogP contribution is -2.34. The molecule has 1 aliphatic carbocycles. The van der Waals surface area contributed by atoms with E-state index in [1.807, 2.05) is 6.20 Å². The van der Waals surface area contributed by atoms with Crippen molar-refractivity contribution in [3.8, 4) is 0 Å².